The minimum Gasteiger partial charge on any atom is -0.324 e. The largest absolute Gasteiger partial charge is 0.324 e. The van der Waals surface area contributed by atoms with E-state index < -0.39 is 32.0 Å². The van der Waals surface area contributed by atoms with Gasteiger partial charge in [0.2, 0.25) is 26.0 Å². The van der Waals surface area contributed by atoms with Gasteiger partial charge in [0.25, 0.3) is 0 Å². The summed E-state index contributed by atoms with van der Waals surface area (Å²) in [4.78, 5) is 13.1. The second-order valence-electron chi connectivity index (χ2n) is 8.56. The van der Waals surface area contributed by atoms with Crippen LogP contribution in [0.25, 0.3) is 0 Å². The van der Waals surface area contributed by atoms with Crippen LogP contribution < -0.4 is 9.62 Å². The molecule has 0 aliphatic carbocycles. The molecule has 180 valence electrons. The average Bonchev–Trinajstić information content (AvgIpc) is 2.73. The summed E-state index contributed by atoms with van der Waals surface area (Å²) < 4.78 is 53.3. The maximum absolute atomic E-state index is 12.9. The molecule has 3 rings (SSSR count). The maximum Gasteiger partial charge on any atom is 0.247 e. The number of amides is 1. The molecule has 1 N–H and O–H groups in total. The van der Waals surface area contributed by atoms with Gasteiger partial charge in [-0.2, -0.15) is 4.31 Å². The second kappa shape index (κ2) is 9.82. The van der Waals surface area contributed by atoms with E-state index in [0.717, 1.165) is 41.0 Å². The summed E-state index contributed by atoms with van der Waals surface area (Å²) in [5.41, 5.74) is 2.58. The molecule has 2 aromatic carbocycles. The predicted octanol–water partition coefficient (Wildman–Crippen LogP) is 3.27. The van der Waals surface area contributed by atoms with E-state index in [0.29, 0.717) is 24.5 Å². The van der Waals surface area contributed by atoms with Gasteiger partial charge in [-0.3, -0.25) is 9.10 Å². The molecule has 8 nitrogen and oxygen atoms in total. The molecule has 0 spiro atoms. The Kier molecular flexibility index (Phi) is 7.50. The van der Waals surface area contributed by atoms with E-state index in [-0.39, 0.29) is 4.90 Å². The Morgan fingerprint density at radius 1 is 0.939 bits per heavy atom. The van der Waals surface area contributed by atoms with Crippen molar-refractivity contribution in [3.63, 3.8) is 0 Å². The van der Waals surface area contributed by atoms with E-state index >= 15 is 0 Å². The number of sulfonamides is 2. The standard InChI is InChI=1S/C23H31N3O5S2/c1-17-14-18(2)16-21(15-17)26(32(4,28)29)19(3)23(27)24-20-8-10-22(11-9-20)33(30,31)25-12-6-5-7-13-25/h8-11,14-16,19H,5-7,12-13H2,1-4H3,(H,24,27)/t19-/m1/s1. The summed E-state index contributed by atoms with van der Waals surface area (Å²) in [5, 5.41) is 2.70. The smallest absolute Gasteiger partial charge is 0.247 e. The zero-order valence-corrected chi connectivity index (χ0v) is 21.0. The van der Waals surface area contributed by atoms with Crippen LogP contribution in [0.2, 0.25) is 0 Å². The van der Waals surface area contributed by atoms with Crippen LogP contribution in [-0.2, 0) is 24.8 Å². The van der Waals surface area contributed by atoms with Crippen molar-refractivity contribution in [1.29, 1.82) is 0 Å². The van der Waals surface area contributed by atoms with Crippen molar-refractivity contribution >= 4 is 37.3 Å². The molecule has 0 bridgehead atoms. The summed E-state index contributed by atoms with van der Waals surface area (Å²) in [7, 11) is -7.31. The maximum atomic E-state index is 12.9. The van der Waals surface area contributed by atoms with Crippen molar-refractivity contribution in [2.75, 3.05) is 29.0 Å². The van der Waals surface area contributed by atoms with E-state index in [1.54, 1.807) is 12.1 Å². The second-order valence-corrected chi connectivity index (χ2v) is 12.4. The number of nitrogens with one attached hydrogen (secondary N) is 1. The Morgan fingerprint density at radius 2 is 1.48 bits per heavy atom. The van der Waals surface area contributed by atoms with Gasteiger partial charge >= 0.3 is 0 Å². The van der Waals surface area contributed by atoms with Gasteiger partial charge in [-0.25, -0.2) is 16.8 Å². The van der Waals surface area contributed by atoms with Crippen LogP contribution >= 0.6 is 0 Å². The van der Waals surface area contributed by atoms with E-state index in [2.05, 4.69) is 5.32 Å². The average molecular weight is 494 g/mol. The van der Waals surface area contributed by atoms with Crippen molar-refractivity contribution in [3.05, 3.63) is 53.6 Å². The first kappa shape index (κ1) is 25.2. The number of piperidine rings is 1. The highest BCUT2D eigenvalue weighted by atomic mass is 32.2. The molecule has 0 aromatic heterocycles. The number of carbonyl (C=O) groups excluding carboxylic acids is 1. The highest BCUT2D eigenvalue weighted by Gasteiger charge is 2.30. The fourth-order valence-electron chi connectivity index (χ4n) is 4.10. The first-order chi connectivity index (χ1) is 15.4. The van der Waals surface area contributed by atoms with Crippen molar-refractivity contribution in [1.82, 2.24) is 4.31 Å². The number of carbonyl (C=O) groups is 1. The molecule has 1 aliphatic heterocycles. The number of hydrogen-bond acceptors (Lipinski definition) is 5. The van der Waals surface area contributed by atoms with Gasteiger partial charge in [0.15, 0.2) is 0 Å². The SMILES string of the molecule is Cc1cc(C)cc(N([C@H](C)C(=O)Nc2ccc(S(=O)(=O)N3CCCCC3)cc2)S(C)(=O)=O)c1. The summed E-state index contributed by atoms with van der Waals surface area (Å²) in [6.07, 6.45) is 3.79. The molecule has 0 radical (unpaired) electrons. The van der Waals surface area contributed by atoms with Crippen LogP contribution in [0.4, 0.5) is 11.4 Å². The quantitative estimate of drug-likeness (QED) is 0.638. The molecule has 1 fully saturated rings. The van der Waals surface area contributed by atoms with E-state index in [1.807, 2.05) is 19.9 Å². The van der Waals surface area contributed by atoms with Gasteiger partial charge in [0, 0.05) is 18.8 Å². The lowest BCUT2D eigenvalue weighted by molar-refractivity contribution is -0.116. The molecule has 1 amide bonds. The zero-order chi connectivity index (χ0) is 24.4. The number of aryl methyl sites for hydroxylation is 2. The molecule has 1 atom stereocenters. The van der Waals surface area contributed by atoms with Crippen molar-refractivity contribution in [2.24, 2.45) is 0 Å². The first-order valence-electron chi connectivity index (χ1n) is 10.9. The van der Waals surface area contributed by atoms with Gasteiger partial charge < -0.3 is 5.32 Å². The molecule has 0 unspecified atom stereocenters. The fourth-order valence-corrected chi connectivity index (χ4v) is 6.77. The predicted molar refractivity (Wildman–Crippen MR) is 130 cm³/mol. The van der Waals surface area contributed by atoms with Gasteiger partial charge in [-0.1, -0.05) is 12.5 Å². The molecule has 1 aliphatic rings. The third kappa shape index (κ3) is 5.93. The monoisotopic (exact) mass is 493 g/mol. The summed E-state index contributed by atoms with van der Waals surface area (Å²) in [6.45, 7) is 6.27. The third-order valence-electron chi connectivity index (χ3n) is 5.62. The van der Waals surface area contributed by atoms with Gasteiger partial charge in [0.05, 0.1) is 16.8 Å². The summed E-state index contributed by atoms with van der Waals surface area (Å²) in [5.74, 6) is -0.522. The number of benzene rings is 2. The Hall–Kier alpha value is -2.43. The minimum atomic E-state index is -3.74. The van der Waals surface area contributed by atoms with Crippen LogP contribution in [0.3, 0.4) is 0 Å². The summed E-state index contributed by atoms with van der Waals surface area (Å²) in [6, 6.07) is 10.3. The Balaban J connectivity index is 1.79. The molecule has 10 heteroatoms. The lowest BCUT2D eigenvalue weighted by atomic mass is 10.1. The van der Waals surface area contributed by atoms with Gasteiger partial charge in [0.1, 0.15) is 6.04 Å². The zero-order valence-electron chi connectivity index (χ0n) is 19.4. The van der Waals surface area contributed by atoms with Crippen LogP contribution in [0, 0.1) is 13.8 Å². The lowest BCUT2D eigenvalue weighted by Crippen LogP contribution is -2.45. The van der Waals surface area contributed by atoms with Crippen LogP contribution in [0.5, 0.6) is 0 Å². The summed E-state index contributed by atoms with van der Waals surface area (Å²) >= 11 is 0. The molecule has 0 saturated carbocycles. The Morgan fingerprint density at radius 3 is 2.00 bits per heavy atom. The van der Waals surface area contributed by atoms with Crippen molar-refractivity contribution < 1.29 is 21.6 Å². The number of nitrogens with zero attached hydrogens (tertiary/aromatic N) is 2. The Bertz CT molecular complexity index is 1200. The molecular formula is C23H31N3O5S2. The highest BCUT2D eigenvalue weighted by molar-refractivity contribution is 7.92. The molecule has 1 saturated heterocycles. The number of anilines is 2. The molecule has 2 aromatic rings. The number of hydrogen-bond donors (Lipinski definition) is 1. The van der Waals surface area contributed by atoms with E-state index in [1.165, 1.54) is 35.5 Å². The molecule has 1 heterocycles. The number of rotatable bonds is 7. The van der Waals surface area contributed by atoms with Crippen LogP contribution in [0.1, 0.15) is 37.3 Å². The lowest BCUT2D eigenvalue weighted by Gasteiger charge is -2.29. The first-order valence-corrected chi connectivity index (χ1v) is 14.2. The van der Waals surface area contributed by atoms with Crippen molar-refractivity contribution in [3.8, 4) is 0 Å². The Labute approximate surface area is 196 Å². The molecule has 33 heavy (non-hydrogen) atoms. The van der Waals surface area contributed by atoms with E-state index in [4.69, 9.17) is 0 Å². The molecular weight excluding hydrogens is 462 g/mol. The third-order valence-corrected chi connectivity index (χ3v) is 8.78. The van der Waals surface area contributed by atoms with E-state index in [9.17, 15) is 21.6 Å². The topological polar surface area (TPSA) is 104 Å². The normalized spacial score (nSPS) is 16.2. The van der Waals surface area contributed by atoms with Gasteiger partial charge in [-0.05, 0) is 81.1 Å². The minimum absolute atomic E-state index is 0.170. The highest BCUT2D eigenvalue weighted by Crippen LogP contribution is 2.25. The van der Waals surface area contributed by atoms with Crippen molar-refractivity contribution in [2.45, 2.75) is 51.0 Å². The van der Waals surface area contributed by atoms with Gasteiger partial charge in [-0.15, -0.1) is 0 Å². The van der Waals surface area contributed by atoms with Crippen LogP contribution in [0.15, 0.2) is 47.4 Å². The van der Waals surface area contributed by atoms with Crippen LogP contribution in [-0.4, -0.2) is 52.4 Å². The fraction of sp³-hybridized carbons (Fsp3) is 0.435.